The number of benzene rings is 3. The number of amides is 1. The Morgan fingerprint density at radius 2 is 1.75 bits per heavy atom. The van der Waals surface area contributed by atoms with Crippen molar-refractivity contribution in [2.24, 2.45) is 0 Å². The van der Waals surface area contributed by atoms with E-state index in [4.69, 9.17) is 21.1 Å². The van der Waals surface area contributed by atoms with Gasteiger partial charge in [0, 0.05) is 28.2 Å². The molecule has 1 aromatic heterocycles. The maximum absolute atomic E-state index is 13.5. The highest BCUT2D eigenvalue weighted by Gasteiger charge is 2.35. The van der Waals surface area contributed by atoms with Gasteiger partial charge in [0.25, 0.3) is 0 Å². The molecule has 4 aromatic rings. The van der Waals surface area contributed by atoms with Crippen LogP contribution in [0.1, 0.15) is 61.0 Å². The number of hydrogen-bond donors (Lipinski definition) is 2. The SMILES string of the molecule is CCNCCCCCCOc1ccc(C2c3[nH]c4ccc(C)cc4c3CCN2C(=O)Oc2ccc(Cl)cc2)cc1. The number of nitrogens with one attached hydrogen (secondary N) is 2. The van der Waals surface area contributed by atoms with Gasteiger partial charge in [-0.1, -0.05) is 55.1 Å². The Hall–Kier alpha value is -3.48. The molecule has 1 aliphatic heterocycles. The fourth-order valence-electron chi connectivity index (χ4n) is 5.43. The van der Waals surface area contributed by atoms with E-state index in [9.17, 15) is 4.79 Å². The molecule has 7 heteroatoms. The van der Waals surface area contributed by atoms with Crippen LogP contribution in [0.15, 0.2) is 66.7 Å². The molecule has 1 amide bonds. The summed E-state index contributed by atoms with van der Waals surface area (Å²) in [5.74, 6) is 1.31. The van der Waals surface area contributed by atoms with Crippen molar-refractivity contribution >= 4 is 28.6 Å². The third-order valence-electron chi connectivity index (χ3n) is 7.50. The molecular formula is C33H38ClN3O3. The smallest absolute Gasteiger partial charge is 0.416 e. The van der Waals surface area contributed by atoms with E-state index < -0.39 is 0 Å². The summed E-state index contributed by atoms with van der Waals surface area (Å²) in [6.45, 7) is 7.62. The molecule has 0 radical (unpaired) electrons. The number of aromatic amines is 1. The molecule has 1 unspecified atom stereocenters. The van der Waals surface area contributed by atoms with E-state index in [1.54, 1.807) is 24.3 Å². The minimum atomic E-state index is -0.387. The van der Waals surface area contributed by atoms with Crippen molar-refractivity contribution in [3.05, 3.63) is 94.1 Å². The fourth-order valence-corrected chi connectivity index (χ4v) is 5.55. The Morgan fingerprint density at radius 3 is 2.52 bits per heavy atom. The van der Waals surface area contributed by atoms with Crippen LogP contribution in [-0.2, 0) is 6.42 Å². The van der Waals surface area contributed by atoms with Crippen LogP contribution in [0, 0.1) is 6.92 Å². The minimum absolute atomic E-state index is 0.304. The van der Waals surface area contributed by atoms with Gasteiger partial charge in [0.05, 0.1) is 6.61 Å². The van der Waals surface area contributed by atoms with Crippen molar-refractivity contribution in [1.29, 1.82) is 0 Å². The molecule has 0 saturated carbocycles. The van der Waals surface area contributed by atoms with Gasteiger partial charge in [-0.25, -0.2) is 4.79 Å². The quantitative estimate of drug-likeness (QED) is 0.184. The standard InChI is InChI=1S/C33H38ClN3O3/c1-3-35-19-6-4-5-7-21-39-26-13-9-24(10-14-26)32-31-28(29-22-23(2)8-17-30(29)36-31)18-20-37(32)33(38)40-27-15-11-25(34)12-16-27/h8-17,22,32,35-36H,3-7,18-21H2,1-2H3. The van der Waals surface area contributed by atoms with Gasteiger partial charge in [-0.2, -0.15) is 0 Å². The summed E-state index contributed by atoms with van der Waals surface area (Å²) in [6.07, 6.45) is 4.99. The monoisotopic (exact) mass is 559 g/mol. The summed E-state index contributed by atoms with van der Waals surface area (Å²) < 4.78 is 11.8. The summed E-state index contributed by atoms with van der Waals surface area (Å²) >= 11 is 6.02. The number of nitrogens with zero attached hydrogens (tertiary/aromatic N) is 1. The van der Waals surface area contributed by atoms with Crippen molar-refractivity contribution in [2.45, 2.75) is 52.0 Å². The molecule has 2 heterocycles. The second kappa shape index (κ2) is 13.2. The Bertz CT molecular complexity index is 1420. The number of carbonyl (C=O) groups excluding carboxylic acids is 1. The first-order valence-electron chi connectivity index (χ1n) is 14.3. The highest BCUT2D eigenvalue weighted by atomic mass is 35.5. The lowest BCUT2D eigenvalue weighted by Gasteiger charge is -2.35. The van der Waals surface area contributed by atoms with Crippen molar-refractivity contribution in [3.63, 3.8) is 0 Å². The summed E-state index contributed by atoms with van der Waals surface area (Å²) in [5.41, 5.74) is 5.60. The molecule has 3 aromatic carbocycles. The Kier molecular flexibility index (Phi) is 9.30. The number of unbranched alkanes of at least 4 members (excludes halogenated alkanes) is 3. The number of hydrogen-bond acceptors (Lipinski definition) is 4. The minimum Gasteiger partial charge on any atom is -0.494 e. The second-order valence-electron chi connectivity index (χ2n) is 10.4. The van der Waals surface area contributed by atoms with Crippen LogP contribution >= 0.6 is 11.6 Å². The molecule has 0 spiro atoms. The highest BCUT2D eigenvalue weighted by Crippen LogP contribution is 2.39. The average Bonchev–Trinajstić information content (AvgIpc) is 3.33. The third kappa shape index (κ3) is 6.62. The van der Waals surface area contributed by atoms with Gasteiger partial charge in [0.2, 0.25) is 0 Å². The van der Waals surface area contributed by atoms with E-state index in [1.165, 1.54) is 35.8 Å². The summed E-state index contributed by atoms with van der Waals surface area (Å²) in [7, 11) is 0. The predicted octanol–water partition coefficient (Wildman–Crippen LogP) is 7.82. The number of carbonyl (C=O) groups is 1. The molecule has 6 nitrogen and oxygen atoms in total. The molecule has 0 aliphatic carbocycles. The molecule has 1 aliphatic rings. The zero-order valence-corrected chi connectivity index (χ0v) is 24.1. The summed E-state index contributed by atoms with van der Waals surface area (Å²) in [6, 6.07) is 21.1. The molecule has 0 fully saturated rings. The van der Waals surface area contributed by atoms with Crippen molar-refractivity contribution in [3.8, 4) is 11.5 Å². The van der Waals surface area contributed by atoms with Gasteiger partial charge in [0.1, 0.15) is 17.5 Å². The van der Waals surface area contributed by atoms with Crippen LogP contribution in [0.2, 0.25) is 5.02 Å². The first-order valence-corrected chi connectivity index (χ1v) is 14.7. The average molecular weight is 560 g/mol. The Labute approximate surface area is 241 Å². The number of ether oxygens (including phenoxy) is 2. The number of aromatic nitrogens is 1. The number of halogens is 1. The maximum atomic E-state index is 13.5. The van der Waals surface area contributed by atoms with Crippen LogP contribution in [0.3, 0.4) is 0 Å². The van der Waals surface area contributed by atoms with Gasteiger partial charge >= 0.3 is 6.09 Å². The van der Waals surface area contributed by atoms with Crippen LogP contribution in [0.5, 0.6) is 11.5 Å². The van der Waals surface area contributed by atoms with Gasteiger partial charge in [-0.05, 0) is 98.9 Å². The van der Waals surface area contributed by atoms with Crippen molar-refractivity contribution < 1.29 is 14.3 Å². The van der Waals surface area contributed by atoms with Gasteiger partial charge < -0.3 is 19.8 Å². The summed E-state index contributed by atoms with van der Waals surface area (Å²) in [4.78, 5) is 18.9. The lowest BCUT2D eigenvalue weighted by atomic mass is 9.92. The number of fused-ring (bicyclic) bond motifs is 3. The lowest BCUT2D eigenvalue weighted by molar-refractivity contribution is 0.135. The third-order valence-corrected chi connectivity index (χ3v) is 7.75. The van der Waals surface area contributed by atoms with Crippen LogP contribution < -0.4 is 14.8 Å². The normalized spacial score (nSPS) is 14.8. The van der Waals surface area contributed by atoms with E-state index in [0.717, 1.165) is 48.5 Å². The van der Waals surface area contributed by atoms with Gasteiger partial charge in [-0.15, -0.1) is 0 Å². The predicted molar refractivity (Wildman–Crippen MR) is 162 cm³/mol. The largest absolute Gasteiger partial charge is 0.494 e. The fraction of sp³-hybridized carbons (Fsp3) is 0.364. The maximum Gasteiger partial charge on any atom is 0.416 e. The molecule has 0 saturated heterocycles. The van der Waals surface area contributed by atoms with E-state index >= 15 is 0 Å². The van der Waals surface area contributed by atoms with Crippen molar-refractivity contribution in [1.82, 2.24) is 15.2 Å². The molecule has 2 N–H and O–H groups in total. The molecular weight excluding hydrogens is 522 g/mol. The van der Waals surface area contributed by atoms with E-state index in [1.807, 2.05) is 17.0 Å². The van der Waals surface area contributed by atoms with Crippen molar-refractivity contribution in [2.75, 3.05) is 26.2 Å². The second-order valence-corrected chi connectivity index (χ2v) is 10.9. The van der Waals surface area contributed by atoms with Crippen LogP contribution in [0.4, 0.5) is 4.79 Å². The van der Waals surface area contributed by atoms with E-state index in [-0.39, 0.29) is 12.1 Å². The van der Waals surface area contributed by atoms with E-state index in [2.05, 4.69) is 54.5 Å². The first kappa shape index (κ1) is 28.1. The molecule has 40 heavy (non-hydrogen) atoms. The zero-order valence-electron chi connectivity index (χ0n) is 23.3. The molecule has 210 valence electrons. The number of aryl methyl sites for hydroxylation is 1. The van der Waals surface area contributed by atoms with Gasteiger partial charge in [-0.3, -0.25) is 4.90 Å². The molecule has 5 rings (SSSR count). The Morgan fingerprint density at radius 1 is 1.00 bits per heavy atom. The van der Waals surface area contributed by atoms with E-state index in [0.29, 0.717) is 23.9 Å². The number of H-pyrrole nitrogens is 1. The molecule has 0 bridgehead atoms. The summed E-state index contributed by atoms with van der Waals surface area (Å²) in [5, 5.41) is 5.18. The lowest BCUT2D eigenvalue weighted by Crippen LogP contribution is -2.42. The Balaban J connectivity index is 1.34. The topological polar surface area (TPSA) is 66.6 Å². The highest BCUT2D eigenvalue weighted by molar-refractivity contribution is 6.30. The first-order chi connectivity index (χ1) is 19.5. The van der Waals surface area contributed by atoms with Gasteiger partial charge in [0.15, 0.2) is 0 Å². The zero-order chi connectivity index (χ0) is 27.9. The van der Waals surface area contributed by atoms with Crippen LogP contribution in [-0.4, -0.2) is 42.2 Å². The van der Waals surface area contributed by atoms with Crippen LogP contribution in [0.25, 0.3) is 10.9 Å². The molecule has 1 atom stereocenters. The number of rotatable bonds is 11.